The first-order valence-corrected chi connectivity index (χ1v) is 8.29. The Morgan fingerprint density at radius 3 is 2.60 bits per heavy atom. The predicted octanol–water partition coefficient (Wildman–Crippen LogP) is 3.72. The Bertz CT molecular complexity index is 715. The van der Waals surface area contributed by atoms with E-state index in [4.69, 9.17) is 0 Å². The van der Waals surface area contributed by atoms with E-state index in [-0.39, 0.29) is 5.56 Å². The summed E-state index contributed by atoms with van der Waals surface area (Å²) in [6.07, 6.45) is -1.38. The van der Waals surface area contributed by atoms with Crippen LogP contribution in [0.2, 0.25) is 0 Å². The van der Waals surface area contributed by atoms with Crippen LogP contribution < -0.4 is 5.32 Å². The lowest BCUT2D eigenvalue weighted by molar-refractivity contribution is -0.137. The number of nitrogens with zero attached hydrogens (tertiary/aromatic N) is 2. The highest BCUT2D eigenvalue weighted by Crippen LogP contribution is 2.38. The van der Waals surface area contributed by atoms with Crippen LogP contribution in [0.1, 0.15) is 29.7 Å². The van der Waals surface area contributed by atoms with Gasteiger partial charge in [-0.2, -0.15) is 23.4 Å². The second-order valence-corrected chi connectivity index (χ2v) is 6.51. The van der Waals surface area contributed by atoms with Gasteiger partial charge in [-0.15, -0.1) is 0 Å². The van der Waals surface area contributed by atoms with Gasteiger partial charge in [0.2, 0.25) is 0 Å². The maximum atomic E-state index is 12.8. The number of aromatic hydroxyl groups is 1. The lowest BCUT2D eigenvalue weighted by atomic mass is 9.94. The lowest BCUT2D eigenvalue weighted by Crippen LogP contribution is -2.31. The molecule has 7 heteroatoms. The van der Waals surface area contributed by atoms with Gasteiger partial charge in [0.1, 0.15) is 5.75 Å². The molecule has 1 aromatic heterocycles. The zero-order valence-electron chi connectivity index (χ0n) is 13.9. The van der Waals surface area contributed by atoms with E-state index in [1.165, 1.54) is 6.92 Å². The minimum Gasteiger partial charge on any atom is -0.507 e. The number of phenols is 1. The Labute approximate surface area is 144 Å². The summed E-state index contributed by atoms with van der Waals surface area (Å²) in [5.74, 6) is 0.0842. The minimum atomic E-state index is -4.50. The lowest BCUT2D eigenvalue weighted by Gasteiger charge is -2.22. The first kappa shape index (κ1) is 17.7. The van der Waals surface area contributed by atoms with Gasteiger partial charge in [-0.25, -0.2) is 0 Å². The van der Waals surface area contributed by atoms with Gasteiger partial charge < -0.3 is 10.4 Å². The largest absolute Gasteiger partial charge is 0.507 e. The van der Waals surface area contributed by atoms with Gasteiger partial charge in [-0.1, -0.05) is 0 Å². The number of alkyl halides is 3. The highest BCUT2D eigenvalue weighted by molar-refractivity contribution is 5.71. The fourth-order valence-electron chi connectivity index (χ4n) is 3.26. The molecule has 0 saturated carbocycles. The number of phenolic OH excluding ortho intramolecular Hbond substituents is 1. The standard InChI is InChI=1S/C18H20F3N3O/c1-11-7-13(18(19,20)21)9-16(25)17(11)15-5-4-14(23-24-15)8-12-3-2-6-22-10-12/h4-5,7,9,12,22,25H,2-3,6,8,10H2,1H3. The first-order valence-electron chi connectivity index (χ1n) is 8.29. The molecule has 4 nitrogen and oxygen atoms in total. The van der Waals surface area contributed by atoms with Crippen molar-refractivity contribution in [2.45, 2.75) is 32.4 Å². The average molecular weight is 351 g/mol. The van der Waals surface area contributed by atoms with Crippen molar-refractivity contribution in [1.29, 1.82) is 0 Å². The molecule has 3 rings (SSSR count). The van der Waals surface area contributed by atoms with Gasteiger partial charge in [0.05, 0.1) is 17.0 Å². The minimum absolute atomic E-state index is 0.284. The molecule has 1 aliphatic rings. The fourth-order valence-corrected chi connectivity index (χ4v) is 3.26. The van der Waals surface area contributed by atoms with Gasteiger partial charge in [-0.05, 0) is 75.0 Å². The van der Waals surface area contributed by atoms with Crippen LogP contribution in [0.5, 0.6) is 5.75 Å². The molecule has 0 aliphatic carbocycles. The number of nitrogens with one attached hydrogen (secondary N) is 1. The number of hydrogen-bond donors (Lipinski definition) is 2. The number of aryl methyl sites for hydroxylation is 1. The van der Waals surface area contributed by atoms with E-state index in [9.17, 15) is 18.3 Å². The maximum Gasteiger partial charge on any atom is 0.416 e. The van der Waals surface area contributed by atoms with Crippen molar-refractivity contribution in [2.24, 2.45) is 5.92 Å². The molecule has 0 spiro atoms. The fraction of sp³-hybridized carbons (Fsp3) is 0.444. The Morgan fingerprint density at radius 2 is 2.04 bits per heavy atom. The Balaban J connectivity index is 1.82. The van der Waals surface area contributed by atoms with Gasteiger partial charge >= 0.3 is 6.18 Å². The second-order valence-electron chi connectivity index (χ2n) is 6.51. The SMILES string of the molecule is Cc1cc(C(F)(F)F)cc(O)c1-c1ccc(CC2CCCNC2)nn1. The van der Waals surface area contributed by atoms with Crippen molar-refractivity contribution in [3.63, 3.8) is 0 Å². The van der Waals surface area contributed by atoms with E-state index in [0.717, 1.165) is 50.2 Å². The second kappa shape index (κ2) is 7.00. The van der Waals surface area contributed by atoms with Gasteiger partial charge in [0, 0.05) is 5.56 Å². The summed E-state index contributed by atoms with van der Waals surface area (Å²) in [6, 6.07) is 5.27. The van der Waals surface area contributed by atoms with E-state index >= 15 is 0 Å². The molecule has 2 aromatic rings. The smallest absolute Gasteiger partial charge is 0.416 e. The first-order chi connectivity index (χ1) is 11.8. The molecule has 134 valence electrons. The average Bonchev–Trinajstić information content (AvgIpc) is 2.56. The number of benzene rings is 1. The molecular weight excluding hydrogens is 331 g/mol. The van der Waals surface area contributed by atoms with Crippen LogP contribution in [0.4, 0.5) is 13.2 Å². The third-order valence-electron chi connectivity index (χ3n) is 4.51. The molecule has 1 aliphatic heterocycles. The van der Waals surface area contributed by atoms with Crippen molar-refractivity contribution in [3.8, 4) is 17.0 Å². The van der Waals surface area contributed by atoms with Crippen LogP contribution in [-0.2, 0) is 12.6 Å². The molecule has 25 heavy (non-hydrogen) atoms. The van der Waals surface area contributed by atoms with Crippen molar-refractivity contribution >= 4 is 0 Å². The highest BCUT2D eigenvalue weighted by atomic mass is 19.4. The van der Waals surface area contributed by atoms with Crippen LogP contribution in [0.15, 0.2) is 24.3 Å². The Kier molecular flexibility index (Phi) is 4.94. The van der Waals surface area contributed by atoms with Crippen LogP contribution in [0.25, 0.3) is 11.3 Å². The van der Waals surface area contributed by atoms with Gasteiger partial charge in [0.25, 0.3) is 0 Å². The van der Waals surface area contributed by atoms with E-state index in [1.807, 2.05) is 6.07 Å². The molecule has 1 aromatic carbocycles. The predicted molar refractivity (Wildman–Crippen MR) is 88.2 cm³/mol. The van der Waals surface area contributed by atoms with Crippen LogP contribution in [0.3, 0.4) is 0 Å². The molecule has 1 saturated heterocycles. The van der Waals surface area contributed by atoms with Crippen LogP contribution in [0, 0.1) is 12.8 Å². The molecule has 1 fully saturated rings. The van der Waals surface area contributed by atoms with Crippen LogP contribution >= 0.6 is 0 Å². The summed E-state index contributed by atoms with van der Waals surface area (Å²) in [6.45, 7) is 3.53. The van der Waals surface area contributed by atoms with Crippen molar-refractivity contribution in [2.75, 3.05) is 13.1 Å². The maximum absolute atomic E-state index is 12.8. The number of rotatable bonds is 3. The highest BCUT2D eigenvalue weighted by Gasteiger charge is 2.32. The zero-order valence-corrected chi connectivity index (χ0v) is 13.9. The molecule has 1 atom stereocenters. The molecule has 2 heterocycles. The quantitative estimate of drug-likeness (QED) is 0.885. The third-order valence-corrected chi connectivity index (χ3v) is 4.51. The summed E-state index contributed by atoms with van der Waals surface area (Å²) in [5, 5.41) is 21.7. The molecule has 0 amide bonds. The Morgan fingerprint density at radius 1 is 1.24 bits per heavy atom. The van der Waals surface area contributed by atoms with Crippen molar-refractivity contribution in [3.05, 3.63) is 41.1 Å². The van der Waals surface area contributed by atoms with Crippen molar-refractivity contribution < 1.29 is 18.3 Å². The monoisotopic (exact) mass is 351 g/mol. The molecule has 1 unspecified atom stereocenters. The van der Waals surface area contributed by atoms with Crippen LogP contribution in [-0.4, -0.2) is 28.4 Å². The summed E-state index contributed by atoms with van der Waals surface area (Å²) in [5.41, 5.74) is 0.939. The van der Waals surface area contributed by atoms with Gasteiger partial charge in [0.15, 0.2) is 0 Å². The normalized spacial score (nSPS) is 18.3. The summed E-state index contributed by atoms with van der Waals surface area (Å²) in [7, 11) is 0. The van der Waals surface area contributed by atoms with E-state index in [1.54, 1.807) is 6.07 Å². The van der Waals surface area contributed by atoms with Gasteiger partial charge in [-0.3, -0.25) is 0 Å². The zero-order chi connectivity index (χ0) is 18.0. The van der Waals surface area contributed by atoms with E-state index < -0.39 is 17.5 Å². The third kappa shape index (κ3) is 4.10. The molecular formula is C18H20F3N3O. The summed E-state index contributed by atoms with van der Waals surface area (Å²) < 4.78 is 38.4. The van der Waals surface area contributed by atoms with E-state index in [0.29, 0.717) is 17.2 Å². The topological polar surface area (TPSA) is 58.0 Å². The number of piperidine rings is 1. The summed E-state index contributed by atoms with van der Waals surface area (Å²) >= 11 is 0. The Hall–Kier alpha value is -2.15. The van der Waals surface area contributed by atoms with E-state index in [2.05, 4.69) is 15.5 Å². The number of halogens is 3. The molecule has 0 radical (unpaired) electrons. The molecule has 2 N–H and O–H groups in total. The molecule has 0 bridgehead atoms. The number of hydrogen-bond acceptors (Lipinski definition) is 4. The summed E-state index contributed by atoms with van der Waals surface area (Å²) in [4.78, 5) is 0. The van der Waals surface area contributed by atoms with Crippen molar-refractivity contribution in [1.82, 2.24) is 15.5 Å². The number of aromatic nitrogens is 2.